The third-order valence-corrected chi connectivity index (χ3v) is 6.35. The van der Waals surface area contributed by atoms with E-state index in [0.29, 0.717) is 27.1 Å². The molecule has 144 valence electrons. The largest absolute Gasteiger partial charge is 0.496 e. The van der Waals surface area contributed by atoms with Crippen LogP contribution in [-0.2, 0) is 9.53 Å². The normalized spacial score (nSPS) is 20.7. The number of allylic oxidation sites excluding steroid dienone is 1. The number of rotatable bonds is 5. The van der Waals surface area contributed by atoms with Gasteiger partial charge in [0.05, 0.1) is 22.6 Å². The lowest BCUT2D eigenvalue weighted by atomic mass is 10.1. The van der Waals surface area contributed by atoms with Gasteiger partial charge in [0.15, 0.2) is 5.78 Å². The van der Waals surface area contributed by atoms with Gasteiger partial charge in [-0.2, -0.15) is 0 Å². The first kappa shape index (κ1) is 19.8. The van der Waals surface area contributed by atoms with Gasteiger partial charge in [0.25, 0.3) is 0 Å². The Hall–Kier alpha value is -1.92. The molecule has 0 radical (unpaired) electrons. The lowest BCUT2D eigenvalue weighted by Crippen LogP contribution is -2.31. The summed E-state index contributed by atoms with van der Waals surface area (Å²) < 4.78 is 10.8. The number of methoxy groups -OCH3 is 1. The Labute approximate surface area is 168 Å². The molecule has 0 bridgehead atoms. The molecule has 27 heavy (non-hydrogen) atoms. The Morgan fingerprint density at radius 2 is 2.15 bits per heavy atom. The van der Waals surface area contributed by atoms with E-state index in [1.165, 1.54) is 18.9 Å². The van der Waals surface area contributed by atoms with E-state index >= 15 is 0 Å². The van der Waals surface area contributed by atoms with Gasteiger partial charge in [0.2, 0.25) is 0 Å². The molecule has 2 heterocycles. The van der Waals surface area contributed by atoms with Crippen molar-refractivity contribution in [2.24, 2.45) is 0 Å². The van der Waals surface area contributed by atoms with E-state index in [2.05, 4.69) is 0 Å². The molecular formula is C20H22ClNO4S. The van der Waals surface area contributed by atoms with E-state index in [4.69, 9.17) is 21.1 Å². The van der Waals surface area contributed by atoms with Crippen molar-refractivity contribution < 1.29 is 19.1 Å². The van der Waals surface area contributed by atoms with Crippen LogP contribution in [0.5, 0.6) is 5.75 Å². The molecule has 0 N–H and O–H groups in total. The van der Waals surface area contributed by atoms with E-state index in [-0.39, 0.29) is 17.8 Å². The highest BCUT2D eigenvalue weighted by molar-refractivity contribution is 8.07. The maximum Gasteiger partial charge on any atom is 0.356 e. The molecule has 1 aromatic carbocycles. The molecule has 1 unspecified atom stereocenters. The molecule has 5 nitrogen and oxygen atoms in total. The van der Waals surface area contributed by atoms with Gasteiger partial charge in [-0.05, 0) is 45.4 Å². The molecule has 1 atom stereocenters. The number of halogens is 1. The number of esters is 1. The zero-order chi connectivity index (χ0) is 19.9. The molecule has 2 aliphatic rings. The molecule has 0 saturated heterocycles. The number of hydrogen-bond acceptors (Lipinski definition) is 6. The monoisotopic (exact) mass is 407 g/mol. The molecule has 0 aromatic heterocycles. The van der Waals surface area contributed by atoms with Gasteiger partial charge in [0, 0.05) is 17.1 Å². The minimum Gasteiger partial charge on any atom is -0.496 e. The summed E-state index contributed by atoms with van der Waals surface area (Å²) in [5.74, 6) is -0.115. The first-order valence-electron chi connectivity index (χ1n) is 8.74. The molecule has 1 aromatic rings. The number of nitrogens with zero attached hydrogens (tertiary/aromatic N) is 1. The number of hydrogen-bond donors (Lipinski definition) is 0. The van der Waals surface area contributed by atoms with E-state index < -0.39 is 5.60 Å². The van der Waals surface area contributed by atoms with Gasteiger partial charge >= 0.3 is 5.97 Å². The Kier molecular flexibility index (Phi) is 5.32. The molecule has 0 aliphatic carbocycles. The van der Waals surface area contributed by atoms with Crippen LogP contribution in [0.1, 0.15) is 44.5 Å². The second-order valence-electron chi connectivity index (χ2n) is 7.00. The summed E-state index contributed by atoms with van der Waals surface area (Å²) in [6.07, 6.45) is 2.36. The highest BCUT2D eigenvalue weighted by Gasteiger charge is 2.49. The Morgan fingerprint density at radius 1 is 1.44 bits per heavy atom. The van der Waals surface area contributed by atoms with Crippen LogP contribution in [-0.4, -0.2) is 35.4 Å². The van der Waals surface area contributed by atoms with Gasteiger partial charge in [-0.25, -0.2) is 4.79 Å². The number of thioether (sulfide) groups is 1. The average molecular weight is 408 g/mol. The molecular weight excluding hydrogens is 386 g/mol. The SMILES string of the molecule is CCC(C)N1C(=CC(=O)c2cc(Cl)ccc2OC)SC2=C1C(=O)OC2(C)C. The van der Waals surface area contributed by atoms with Gasteiger partial charge in [-0.3, -0.25) is 4.79 Å². The highest BCUT2D eigenvalue weighted by Crippen LogP contribution is 2.52. The lowest BCUT2D eigenvalue weighted by Gasteiger charge is -2.28. The van der Waals surface area contributed by atoms with Gasteiger partial charge in [0.1, 0.15) is 17.0 Å². The number of ketones is 1. The van der Waals surface area contributed by atoms with Crippen LogP contribution < -0.4 is 4.74 Å². The van der Waals surface area contributed by atoms with Crippen LogP contribution in [0.4, 0.5) is 0 Å². The van der Waals surface area contributed by atoms with Crippen molar-refractivity contribution in [2.45, 2.75) is 45.8 Å². The summed E-state index contributed by atoms with van der Waals surface area (Å²) in [7, 11) is 1.51. The van der Waals surface area contributed by atoms with E-state index in [9.17, 15) is 9.59 Å². The van der Waals surface area contributed by atoms with Gasteiger partial charge < -0.3 is 14.4 Å². The maximum atomic E-state index is 13.0. The van der Waals surface area contributed by atoms with Crippen molar-refractivity contribution in [3.05, 3.63) is 50.5 Å². The smallest absolute Gasteiger partial charge is 0.356 e. The molecule has 0 fully saturated rings. The summed E-state index contributed by atoms with van der Waals surface area (Å²) in [4.78, 5) is 28.2. The van der Waals surface area contributed by atoms with Crippen molar-refractivity contribution in [1.29, 1.82) is 0 Å². The van der Waals surface area contributed by atoms with Crippen molar-refractivity contribution in [3.63, 3.8) is 0 Å². The van der Waals surface area contributed by atoms with E-state index in [0.717, 1.165) is 11.3 Å². The molecule has 0 saturated carbocycles. The minimum atomic E-state index is -0.699. The lowest BCUT2D eigenvalue weighted by molar-refractivity contribution is -0.145. The second kappa shape index (κ2) is 7.24. The number of carbonyl (C=O) groups is 2. The third kappa shape index (κ3) is 3.48. The van der Waals surface area contributed by atoms with Gasteiger partial charge in [-0.15, -0.1) is 0 Å². The minimum absolute atomic E-state index is 0.0479. The number of benzene rings is 1. The first-order chi connectivity index (χ1) is 12.7. The summed E-state index contributed by atoms with van der Waals surface area (Å²) in [5, 5.41) is 1.17. The second-order valence-corrected chi connectivity index (χ2v) is 8.47. The maximum absolute atomic E-state index is 13.0. The summed E-state index contributed by atoms with van der Waals surface area (Å²) in [6.45, 7) is 7.78. The number of carbonyl (C=O) groups excluding carboxylic acids is 2. The van der Waals surface area contributed by atoms with Crippen molar-refractivity contribution in [2.75, 3.05) is 7.11 Å². The first-order valence-corrected chi connectivity index (χ1v) is 9.93. The van der Waals surface area contributed by atoms with Crippen LogP contribution in [0.15, 0.2) is 39.9 Å². The molecule has 3 rings (SSSR count). The van der Waals surface area contributed by atoms with Crippen molar-refractivity contribution in [1.82, 2.24) is 4.90 Å². The van der Waals surface area contributed by atoms with Crippen LogP contribution >= 0.6 is 23.4 Å². The van der Waals surface area contributed by atoms with Crippen LogP contribution in [0.2, 0.25) is 5.02 Å². The van der Waals surface area contributed by atoms with Crippen LogP contribution in [0.3, 0.4) is 0 Å². The average Bonchev–Trinajstić information content (AvgIpc) is 3.10. The van der Waals surface area contributed by atoms with E-state index in [1.807, 2.05) is 32.6 Å². The summed E-state index contributed by atoms with van der Waals surface area (Å²) in [6, 6.07) is 4.98. The molecule has 2 aliphatic heterocycles. The summed E-state index contributed by atoms with van der Waals surface area (Å²) in [5.41, 5.74) is 0.224. The Balaban J connectivity index is 2.03. The number of cyclic esters (lactones) is 1. The van der Waals surface area contributed by atoms with Gasteiger partial charge in [-0.1, -0.05) is 30.3 Å². The zero-order valence-corrected chi connectivity index (χ0v) is 17.5. The number of ether oxygens (including phenoxy) is 2. The molecule has 0 spiro atoms. The zero-order valence-electron chi connectivity index (χ0n) is 16.0. The van der Waals surface area contributed by atoms with Crippen LogP contribution in [0, 0.1) is 0 Å². The molecule has 7 heteroatoms. The predicted octanol–water partition coefficient (Wildman–Crippen LogP) is 4.77. The fraction of sp³-hybridized carbons (Fsp3) is 0.400. The van der Waals surface area contributed by atoms with Crippen LogP contribution in [0.25, 0.3) is 0 Å². The highest BCUT2D eigenvalue weighted by atomic mass is 35.5. The van der Waals surface area contributed by atoms with Crippen molar-refractivity contribution >= 4 is 35.1 Å². The fourth-order valence-electron chi connectivity index (χ4n) is 3.13. The standard InChI is InChI=1S/C20H22ClNO4S/c1-6-11(2)22-16(27-18-17(22)19(24)26-20(18,3)4)10-14(23)13-9-12(21)7-8-15(13)25-5/h7-11H,6H2,1-5H3. The van der Waals surface area contributed by atoms with E-state index in [1.54, 1.807) is 24.3 Å². The molecule has 0 amide bonds. The Bertz CT molecular complexity index is 875. The fourth-order valence-corrected chi connectivity index (χ4v) is 4.61. The topological polar surface area (TPSA) is 55.8 Å². The quantitative estimate of drug-likeness (QED) is 0.398. The predicted molar refractivity (Wildman–Crippen MR) is 107 cm³/mol. The van der Waals surface area contributed by atoms with Crippen molar-refractivity contribution in [3.8, 4) is 5.75 Å². The summed E-state index contributed by atoms with van der Waals surface area (Å²) >= 11 is 7.47. The third-order valence-electron chi connectivity index (χ3n) is 4.70. The Morgan fingerprint density at radius 3 is 2.78 bits per heavy atom.